The first-order chi connectivity index (χ1) is 7.72. The maximum Gasteiger partial charge on any atom is 0.228 e. The van der Waals surface area contributed by atoms with Crippen LogP contribution >= 0.6 is 0 Å². The first-order valence-electron chi connectivity index (χ1n) is 5.50. The molecule has 90 valence electrons. The van der Waals surface area contributed by atoms with Crippen LogP contribution < -0.4 is 11.1 Å². The van der Waals surface area contributed by atoms with E-state index < -0.39 is 0 Å². The van der Waals surface area contributed by atoms with Gasteiger partial charge in [-0.05, 0) is 6.42 Å². The molecular formula is C10H18N4O2. The van der Waals surface area contributed by atoms with Crippen LogP contribution in [-0.2, 0) is 11.2 Å². The van der Waals surface area contributed by atoms with Crippen LogP contribution in [0.5, 0.6) is 0 Å². The Kier molecular flexibility index (Phi) is 5.49. The lowest BCUT2D eigenvalue weighted by Crippen LogP contribution is -2.32. The quantitative estimate of drug-likeness (QED) is 0.694. The third-order valence-corrected chi connectivity index (χ3v) is 2.18. The number of nitrogens with two attached hydrogens (primary N) is 1. The minimum atomic E-state index is -0.0478. The molecular weight excluding hydrogens is 208 g/mol. The minimum Gasteiger partial charge on any atom is -0.356 e. The normalized spacial score (nSPS) is 12.4. The van der Waals surface area contributed by atoms with Crippen molar-refractivity contribution in [3.63, 3.8) is 0 Å². The lowest BCUT2D eigenvalue weighted by molar-refractivity contribution is -0.121. The number of nitrogens with zero attached hydrogens (tertiary/aromatic N) is 2. The molecule has 1 rings (SSSR count). The summed E-state index contributed by atoms with van der Waals surface area (Å²) in [6.45, 7) is 2.55. The second-order valence-corrected chi connectivity index (χ2v) is 3.69. The zero-order valence-corrected chi connectivity index (χ0v) is 9.48. The van der Waals surface area contributed by atoms with E-state index in [1.165, 1.54) is 6.33 Å². The number of rotatable bonds is 7. The van der Waals surface area contributed by atoms with Crippen LogP contribution in [0.4, 0.5) is 0 Å². The van der Waals surface area contributed by atoms with Gasteiger partial charge in [-0.25, -0.2) is 0 Å². The monoisotopic (exact) mass is 226 g/mol. The highest BCUT2D eigenvalue weighted by atomic mass is 16.5. The van der Waals surface area contributed by atoms with E-state index in [2.05, 4.69) is 15.5 Å². The van der Waals surface area contributed by atoms with Gasteiger partial charge in [-0.1, -0.05) is 18.5 Å². The van der Waals surface area contributed by atoms with E-state index in [-0.39, 0.29) is 11.9 Å². The summed E-state index contributed by atoms with van der Waals surface area (Å²) in [6, 6.07) is -0.0478. The Morgan fingerprint density at radius 3 is 3.12 bits per heavy atom. The molecule has 0 aromatic carbocycles. The molecule has 6 nitrogen and oxygen atoms in total. The van der Waals surface area contributed by atoms with E-state index >= 15 is 0 Å². The van der Waals surface area contributed by atoms with Crippen LogP contribution in [0.2, 0.25) is 0 Å². The summed E-state index contributed by atoms with van der Waals surface area (Å²) >= 11 is 0. The number of amides is 1. The summed E-state index contributed by atoms with van der Waals surface area (Å²) in [5.74, 6) is 0.499. The van der Waals surface area contributed by atoms with Gasteiger partial charge in [0.25, 0.3) is 0 Å². The molecule has 0 saturated carbocycles. The topological polar surface area (TPSA) is 94.0 Å². The Bertz CT molecular complexity index is 300. The molecule has 0 aliphatic rings. The molecule has 0 fully saturated rings. The van der Waals surface area contributed by atoms with Crippen LogP contribution in [0.3, 0.4) is 0 Å². The SMILES string of the molecule is CCCC(N)CC(=O)NCCc1ncno1. The average Bonchev–Trinajstić information content (AvgIpc) is 2.70. The Hall–Kier alpha value is -1.43. The molecule has 0 saturated heterocycles. The maximum atomic E-state index is 11.4. The highest BCUT2D eigenvalue weighted by molar-refractivity contribution is 5.76. The van der Waals surface area contributed by atoms with Gasteiger partial charge in [-0.15, -0.1) is 0 Å². The first-order valence-corrected chi connectivity index (χ1v) is 5.50. The fourth-order valence-electron chi connectivity index (χ4n) is 1.40. The molecule has 1 aromatic heterocycles. The summed E-state index contributed by atoms with van der Waals surface area (Å²) in [5.41, 5.74) is 5.75. The number of carbonyl (C=O) groups is 1. The van der Waals surface area contributed by atoms with Gasteiger partial charge in [0.05, 0.1) is 0 Å². The molecule has 1 unspecified atom stereocenters. The van der Waals surface area contributed by atoms with E-state index in [4.69, 9.17) is 10.3 Å². The Labute approximate surface area is 94.6 Å². The molecule has 1 heterocycles. The van der Waals surface area contributed by atoms with Crippen molar-refractivity contribution in [1.29, 1.82) is 0 Å². The molecule has 0 spiro atoms. The predicted octanol–water partition coefficient (Wildman–Crippen LogP) is 0.246. The summed E-state index contributed by atoms with van der Waals surface area (Å²) < 4.78 is 4.80. The van der Waals surface area contributed by atoms with Crippen LogP contribution in [-0.4, -0.2) is 28.6 Å². The van der Waals surface area contributed by atoms with Crippen molar-refractivity contribution < 1.29 is 9.32 Å². The number of hydrogen-bond donors (Lipinski definition) is 2. The fraction of sp³-hybridized carbons (Fsp3) is 0.700. The van der Waals surface area contributed by atoms with Crippen molar-refractivity contribution in [2.75, 3.05) is 6.54 Å². The molecule has 3 N–H and O–H groups in total. The van der Waals surface area contributed by atoms with E-state index in [1.807, 2.05) is 6.92 Å². The molecule has 1 amide bonds. The molecule has 0 aliphatic carbocycles. The molecule has 0 aliphatic heterocycles. The molecule has 1 aromatic rings. The van der Waals surface area contributed by atoms with Crippen LogP contribution in [0.25, 0.3) is 0 Å². The van der Waals surface area contributed by atoms with E-state index in [0.717, 1.165) is 12.8 Å². The zero-order chi connectivity index (χ0) is 11.8. The van der Waals surface area contributed by atoms with Gasteiger partial charge >= 0.3 is 0 Å². The van der Waals surface area contributed by atoms with Crippen molar-refractivity contribution in [3.05, 3.63) is 12.2 Å². The Morgan fingerprint density at radius 2 is 2.50 bits per heavy atom. The van der Waals surface area contributed by atoms with Crippen molar-refractivity contribution in [2.45, 2.75) is 38.6 Å². The van der Waals surface area contributed by atoms with Crippen molar-refractivity contribution >= 4 is 5.91 Å². The number of hydrogen-bond acceptors (Lipinski definition) is 5. The van der Waals surface area contributed by atoms with Crippen molar-refractivity contribution in [3.8, 4) is 0 Å². The smallest absolute Gasteiger partial charge is 0.228 e. The number of carbonyl (C=O) groups excluding carboxylic acids is 1. The zero-order valence-electron chi connectivity index (χ0n) is 9.48. The van der Waals surface area contributed by atoms with Crippen LogP contribution in [0, 0.1) is 0 Å². The Balaban J connectivity index is 2.10. The molecule has 1 atom stereocenters. The number of aromatic nitrogens is 2. The fourth-order valence-corrected chi connectivity index (χ4v) is 1.40. The minimum absolute atomic E-state index is 0.0273. The largest absolute Gasteiger partial charge is 0.356 e. The standard InChI is InChI=1S/C10H18N4O2/c1-2-3-8(11)6-9(15)12-5-4-10-13-7-14-16-10/h7-8H,2-6,11H2,1H3,(H,12,15). The summed E-state index contributed by atoms with van der Waals surface area (Å²) in [5, 5.41) is 6.24. The predicted molar refractivity (Wildman–Crippen MR) is 58.5 cm³/mol. The van der Waals surface area contributed by atoms with E-state index in [1.54, 1.807) is 0 Å². The average molecular weight is 226 g/mol. The summed E-state index contributed by atoms with van der Waals surface area (Å²) in [4.78, 5) is 15.2. The maximum absolute atomic E-state index is 11.4. The number of nitrogens with one attached hydrogen (secondary N) is 1. The van der Waals surface area contributed by atoms with Gasteiger partial charge < -0.3 is 15.6 Å². The summed E-state index contributed by atoms with van der Waals surface area (Å²) in [7, 11) is 0. The molecule has 6 heteroatoms. The Morgan fingerprint density at radius 1 is 1.69 bits per heavy atom. The molecule has 0 radical (unpaired) electrons. The van der Waals surface area contributed by atoms with Crippen molar-refractivity contribution in [1.82, 2.24) is 15.5 Å². The summed E-state index contributed by atoms with van der Waals surface area (Å²) in [6.07, 6.45) is 4.13. The van der Waals surface area contributed by atoms with Gasteiger partial charge in [-0.3, -0.25) is 4.79 Å². The van der Waals surface area contributed by atoms with Gasteiger partial charge in [0.15, 0.2) is 6.33 Å². The third kappa shape index (κ3) is 4.88. The molecule has 0 bridgehead atoms. The van der Waals surface area contributed by atoms with E-state index in [9.17, 15) is 4.79 Å². The lowest BCUT2D eigenvalue weighted by Gasteiger charge is -2.09. The second-order valence-electron chi connectivity index (χ2n) is 3.69. The van der Waals surface area contributed by atoms with Gasteiger partial charge in [0, 0.05) is 25.4 Å². The van der Waals surface area contributed by atoms with Gasteiger partial charge in [0.1, 0.15) is 0 Å². The van der Waals surface area contributed by atoms with E-state index in [0.29, 0.717) is 25.3 Å². The van der Waals surface area contributed by atoms with Gasteiger partial charge in [0.2, 0.25) is 11.8 Å². The lowest BCUT2D eigenvalue weighted by atomic mass is 10.1. The van der Waals surface area contributed by atoms with Crippen LogP contribution in [0.1, 0.15) is 32.1 Å². The van der Waals surface area contributed by atoms with Crippen molar-refractivity contribution in [2.24, 2.45) is 5.73 Å². The first kappa shape index (κ1) is 12.6. The highest BCUT2D eigenvalue weighted by Crippen LogP contribution is 1.98. The highest BCUT2D eigenvalue weighted by Gasteiger charge is 2.08. The van der Waals surface area contributed by atoms with Gasteiger partial charge in [-0.2, -0.15) is 4.98 Å². The second kappa shape index (κ2) is 6.95. The molecule has 16 heavy (non-hydrogen) atoms. The van der Waals surface area contributed by atoms with Crippen LogP contribution in [0.15, 0.2) is 10.9 Å². The third-order valence-electron chi connectivity index (χ3n) is 2.18.